The Hall–Kier alpha value is -0.0800. The number of hydrogen-bond acceptors (Lipinski definition) is 2. The van der Waals surface area contributed by atoms with E-state index in [2.05, 4.69) is 31.0 Å². The largest absolute Gasteiger partial charge is 0.316 e. The van der Waals surface area contributed by atoms with Gasteiger partial charge in [0, 0.05) is 19.1 Å². The highest BCUT2D eigenvalue weighted by Gasteiger charge is 2.34. The lowest BCUT2D eigenvalue weighted by Gasteiger charge is -2.36. The van der Waals surface area contributed by atoms with E-state index in [0.717, 1.165) is 23.8 Å². The zero-order valence-corrected chi connectivity index (χ0v) is 9.79. The number of nitrogens with zero attached hydrogens (tertiary/aromatic N) is 1. The molecule has 0 aromatic heterocycles. The van der Waals surface area contributed by atoms with Crippen LogP contribution in [0.25, 0.3) is 0 Å². The van der Waals surface area contributed by atoms with Gasteiger partial charge in [0.15, 0.2) is 0 Å². The van der Waals surface area contributed by atoms with Crippen LogP contribution in [-0.2, 0) is 0 Å². The van der Waals surface area contributed by atoms with Crippen molar-refractivity contribution >= 4 is 0 Å². The maximum Gasteiger partial charge on any atom is 0.0145 e. The predicted octanol–water partition coefficient (Wildman–Crippen LogP) is 1.57. The van der Waals surface area contributed by atoms with Gasteiger partial charge in [-0.2, -0.15) is 0 Å². The Kier molecular flexibility index (Phi) is 3.13. The minimum Gasteiger partial charge on any atom is -0.316 e. The van der Waals surface area contributed by atoms with Crippen molar-refractivity contribution in [3.8, 4) is 0 Å². The molecule has 0 aromatic rings. The van der Waals surface area contributed by atoms with E-state index in [1.54, 1.807) is 0 Å². The summed E-state index contributed by atoms with van der Waals surface area (Å²) in [7, 11) is 0. The van der Waals surface area contributed by atoms with Crippen LogP contribution in [-0.4, -0.2) is 37.1 Å². The van der Waals surface area contributed by atoms with Crippen molar-refractivity contribution in [3.05, 3.63) is 0 Å². The molecular weight excluding hydrogens is 172 g/mol. The highest BCUT2D eigenvalue weighted by molar-refractivity contribution is 4.89. The second-order valence-corrected chi connectivity index (χ2v) is 5.45. The van der Waals surface area contributed by atoms with Crippen LogP contribution in [0, 0.1) is 17.8 Å². The predicted molar refractivity (Wildman–Crippen MR) is 60.3 cm³/mol. The molecule has 0 saturated carbocycles. The Morgan fingerprint density at radius 3 is 2.21 bits per heavy atom. The average molecular weight is 196 g/mol. The summed E-state index contributed by atoms with van der Waals surface area (Å²) in [6.07, 6.45) is 1.35. The second kappa shape index (κ2) is 4.19. The van der Waals surface area contributed by atoms with Crippen LogP contribution in [0.5, 0.6) is 0 Å². The van der Waals surface area contributed by atoms with E-state index < -0.39 is 0 Å². The molecule has 0 aliphatic carbocycles. The van der Waals surface area contributed by atoms with Crippen molar-refractivity contribution in [1.82, 2.24) is 10.2 Å². The third-order valence-corrected chi connectivity index (χ3v) is 4.23. The van der Waals surface area contributed by atoms with Crippen molar-refractivity contribution in [1.29, 1.82) is 0 Å². The lowest BCUT2D eigenvalue weighted by Crippen LogP contribution is -2.47. The molecule has 1 N–H and O–H groups in total. The van der Waals surface area contributed by atoms with Crippen LogP contribution < -0.4 is 5.32 Å². The number of nitrogens with one attached hydrogen (secondary N) is 1. The summed E-state index contributed by atoms with van der Waals surface area (Å²) in [5.41, 5.74) is 0. The van der Waals surface area contributed by atoms with E-state index in [0.29, 0.717) is 0 Å². The third-order valence-electron chi connectivity index (χ3n) is 4.23. The molecule has 0 aromatic carbocycles. The summed E-state index contributed by atoms with van der Waals surface area (Å²) in [4.78, 5) is 2.74. The fraction of sp³-hybridized carbons (Fsp3) is 1.00. The molecule has 0 bridgehead atoms. The Morgan fingerprint density at radius 1 is 1.00 bits per heavy atom. The van der Waals surface area contributed by atoms with Gasteiger partial charge in [-0.3, -0.25) is 4.90 Å². The number of piperidine rings is 1. The summed E-state index contributed by atoms with van der Waals surface area (Å²) in [6.45, 7) is 12.3. The van der Waals surface area contributed by atoms with E-state index in [-0.39, 0.29) is 0 Å². The van der Waals surface area contributed by atoms with Gasteiger partial charge in [0.05, 0.1) is 0 Å². The monoisotopic (exact) mass is 196 g/mol. The molecule has 2 rings (SSSR count). The van der Waals surface area contributed by atoms with Gasteiger partial charge in [-0.1, -0.05) is 20.8 Å². The molecular formula is C12H24N2. The highest BCUT2D eigenvalue weighted by Crippen LogP contribution is 2.28. The molecule has 82 valence electrons. The maximum absolute atomic E-state index is 3.48. The lowest BCUT2D eigenvalue weighted by molar-refractivity contribution is 0.142. The fourth-order valence-electron chi connectivity index (χ4n) is 2.99. The molecule has 14 heavy (non-hydrogen) atoms. The minimum atomic E-state index is 0.834. The summed E-state index contributed by atoms with van der Waals surface area (Å²) < 4.78 is 0. The van der Waals surface area contributed by atoms with Gasteiger partial charge in [0.2, 0.25) is 0 Å². The normalized spacial score (nSPS) is 45.6. The van der Waals surface area contributed by atoms with Crippen LogP contribution in [0.4, 0.5) is 0 Å². The Morgan fingerprint density at radius 2 is 1.64 bits per heavy atom. The molecule has 2 aliphatic heterocycles. The molecule has 2 heterocycles. The fourth-order valence-corrected chi connectivity index (χ4v) is 2.99. The van der Waals surface area contributed by atoms with Crippen molar-refractivity contribution in [2.45, 2.75) is 33.2 Å². The first-order valence-electron chi connectivity index (χ1n) is 6.13. The van der Waals surface area contributed by atoms with Crippen molar-refractivity contribution < 1.29 is 0 Å². The van der Waals surface area contributed by atoms with Crippen LogP contribution in [0.2, 0.25) is 0 Å². The zero-order valence-electron chi connectivity index (χ0n) is 9.79. The Labute approximate surface area is 88.1 Å². The summed E-state index contributed by atoms with van der Waals surface area (Å²) >= 11 is 0. The molecule has 0 radical (unpaired) electrons. The molecule has 2 heteroatoms. The zero-order chi connectivity index (χ0) is 10.1. The first-order chi connectivity index (χ1) is 6.68. The molecule has 0 spiro atoms. The number of rotatable bonds is 1. The first kappa shape index (κ1) is 10.4. The van der Waals surface area contributed by atoms with Crippen LogP contribution in [0.15, 0.2) is 0 Å². The number of likely N-dealkylation sites (tertiary alicyclic amines) is 1. The molecule has 4 atom stereocenters. The number of hydrogen-bond donors (Lipinski definition) is 1. The Bertz CT molecular complexity index is 183. The maximum atomic E-state index is 3.48. The molecule has 0 amide bonds. The van der Waals surface area contributed by atoms with Crippen molar-refractivity contribution in [3.63, 3.8) is 0 Å². The summed E-state index contributed by atoms with van der Waals surface area (Å²) in [6, 6.07) is 0.851. The van der Waals surface area contributed by atoms with E-state index in [9.17, 15) is 0 Å². The van der Waals surface area contributed by atoms with Gasteiger partial charge in [-0.05, 0) is 37.3 Å². The summed E-state index contributed by atoms with van der Waals surface area (Å²) in [5, 5.41) is 3.48. The third kappa shape index (κ3) is 1.96. The smallest absolute Gasteiger partial charge is 0.0145 e. The molecule has 2 aliphatic rings. The average Bonchev–Trinajstić information content (AvgIpc) is 2.48. The van der Waals surface area contributed by atoms with Crippen molar-refractivity contribution in [2.75, 3.05) is 26.2 Å². The van der Waals surface area contributed by atoms with Gasteiger partial charge >= 0.3 is 0 Å². The van der Waals surface area contributed by atoms with Gasteiger partial charge < -0.3 is 5.32 Å². The van der Waals surface area contributed by atoms with Gasteiger partial charge in [0.1, 0.15) is 0 Å². The molecule has 2 fully saturated rings. The summed E-state index contributed by atoms with van der Waals surface area (Å²) in [5.74, 6) is 2.63. The van der Waals surface area contributed by atoms with E-state index in [1.807, 2.05) is 0 Å². The second-order valence-electron chi connectivity index (χ2n) is 5.45. The van der Waals surface area contributed by atoms with Crippen LogP contribution in [0.1, 0.15) is 27.2 Å². The van der Waals surface area contributed by atoms with Crippen LogP contribution in [0.3, 0.4) is 0 Å². The molecule has 2 nitrogen and oxygen atoms in total. The van der Waals surface area contributed by atoms with Crippen molar-refractivity contribution in [2.24, 2.45) is 17.8 Å². The Balaban J connectivity index is 1.94. The van der Waals surface area contributed by atoms with Gasteiger partial charge in [-0.25, -0.2) is 0 Å². The van der Waals surface area contributed by atoms with Gasteiger partial charge in [-0.15, -0.1) is 0 Å². The minimum absolute atomic E-state index is 0.834. The highest BCUT2D eigenvalue weighted by atomic mass is 15.2. The van der Waals surface area contributed by atoms with E-state index in [4.69, 9.17) is 0 Å². The van der Waals surface area contributed by atoms with Gasteiger partial charge in [0.25, 0.3) is 0 Å². The van der Waals surface area contributed by atoms with E-state index in [1.165, 1.54) is 32.6 Å². The van der Waals surface area contributed by atoms with Crippen LogP contribution >= 0.6 is 0 Å². The quantitative estimate of drug-likeness (QED) is 0.685. The topological polar surface area (TPSA) is 15.3 Å². The molecule has 2 saturated heterocycles. The standard InChI is InChI=1S/C12H24N2/c1-9-6-13-5-4-12(9)14-7-10(2)11(3)8-14/h9-13H,4-8H2,1-3H3. The first-order valence-corrected chi connectivity index (χ1v) is 6.13. The molecule has 4 unspecified atom stereocenters. The SMILES string of the molecule is CC1CN(C2CCNCC2C)CC1C. The van der Waals surface area contributed by atoms with E-state index >= 15 is 0 Å². The lowest BCUT2D eigenvalue weighted by atomic mass is 9.94.